The number of amides is 1. The van der Waals surface area contributed by atoms with E-state index in [9.17, 15) is 19.5 Å². The van der Waals surface area contributed by atoms with Crippen molar-refractivity contribution < 1.29 is 23.8 Å². The van der Waals surface area contributed by atoms with E-state index in [0.717, 1.165) is 35.8 Å². The van der Waals surface area contributed by atoms with Crippen molar-refractivity contribution in [3.05, 3.63) is 75.6 Å². The standard InChI is InChI=1S/C23H21NO6/c1-13(21(25)24-20(22(26)27)14-6-3-2-4-7-14)29-15-10-11-17-16-8-5-9-18(16)23(28)30-19(17)12-15/h2-4,6-7,10-13,20H,5,8-9H2,1H3,(H,24,25)(H,26,27)/p-1/t13-,20-/m0/s1. The fourth-order valence-corrected chi connectivity index (χ4v) is 3.78. The molecule has 0 saturated heterocycles. The highest BCUT2D eigenvalue weighted by atomic mass is 16.5. The number of carbonyl (C=O) groups is 2. The molecule has 2 atom stereocenters. The van der Waals surface area contributed by atoms with Crippen molar-refractivity contribution in [3.8, 4) is 5.75 Å². The topological polar surface area (TPSA) is 109 Å². The average molecular weight is 406 g/mol. The summed E-state index contributed by atoms with van der Waals surface area (Å²) < 4.78 is 11.1. The number of aryl methyl sites for hydroxylation is 1. The van der Waals surface area contributed by atoms with Gasteiger partial charge in [-0.3, -0.25) is 4.79 Å². The summed E-state index contributed by atoms with van der Waals surface area (Å²) in [5, 5.41) is 14.8. The predicted octanol–water partition coefficient (Wildman–Crippen LogP) is 1.66. The summed E-state index contributed by atoms with van der Waals surface area (Å²) in [6.07, 6.45) is 1.51. The van der Waals surface area contributed by atoms with Gasteiger partial charge in [0.25, 0.3) is 5.91 Å². The van der Waals surface area contributed by atoms with Crippen LogP contribution in [0.4, 0.5) is 0 Å². The molecule has 0 radical (unpaired) electrons. The maximum Gasteiger partial charge on any atom is 0.339 e. The molecule has 1 N–H and O–H groups in total. The lowest BCUT2D eigenvalue weighted by Crippen LogP contribution is -2.45. The summed E-state index contributed by atoms with van der Waals surface area (Å²) in [6, 6.07) is 12.1. The largest absolute Gasteiger partial charge is 0.548 e. The van der Waals surface area contributed by atoms with Crippen molar-refractivity contribution in [2.24, 2.45) is 0 Å². The SMILES string of the molecule is C[C@H](Oc1ccc2c3c(c(=O)oc2c1)CCC3)C(=O)N[C@H](C(=O)[O-])c1ccccc1. The molecule has 0 unspecified atom stereocenters. The van der Waals surface area contributed by atoms with Gasteiger partial charge in [-0.25, -0.2) is 4.79 Å². The van der Waals surface area contributed by atoms with E-state index in [1.807, 2.05) is 6.07 Å². The highest BCUT2D eigenvalue weighted by Crippen LogP contribution is 2.30. The molecule has 0 fully saturated rings. The number of hydrogen-bond donors (Lipinski definition) is 1. The fourth-order valence-electron chi connectivity index (χ4n) is 3.78. The molecule has 30 heavy (non-hydrogen) atoms. The third kappa shape index (κ3) is 3.78. The van der Waals surface area contributed by atoms with E-state index in [0.29, 0.717) is 16.9 Å². The number of hydrogen-bond acceptors (Lipinski definition) is 6. The molecule has 154 valence electrons. The van der Waals surface area contributed by atoms with Crippen molar-refractivity contribution >= 4 is 22.8 Å². The van der Waals surface area contributed by atoms with Crippen LogP contribution < -0.4 is 20.8 Å². The van der Waals surface area contributed by atoms with Gasteiger partial charge in [0, 0.05) is 17.0 Å². The lowest BCUT2D eigenvalue weighted by Gasteiger charge is -2.22. The van der Waals surface area contributed by atoms with Gasteiger partial charge in [0.15, 0.2) is 6.10 Å². The molecule has 1 aliphatic carbocycles. The molecule has 1 heterocycles. The second-order valence-corrected chi connectivity index (χ2v) is 7.29. The average Bonchev–Trinajstić information content (AvgIpc) is 3.23. The van der Waals surface area contributed by atoms with Crippen LogP contribution in [0.15, 0.2) is 57.7 Å². The first-order valence-corrected chi connectivity index (χ1v) is 9.75. The van der Waals surface area contributed by atoms with Gasteiger partial charge in [-0.15, -0.1) is 0 Å². The smallest absolute Gasteiger partial charge is 0.339 e. The molecule has 7 nitrogen and oxygen atoms in total. The van der Waals surface area contributed by atoms with E-state index in [4.69, 9.17) is 9.15 Å². The third-order valence-corrected chi connectivity index (χ3v) is 5.28. The van der Waals surface area contributed by atoms with Gasteiger partial charge >= 0.3 is 5.63 Å². The number of aliphatic carboxylic acids is 1. The lowest BCUT2D eigenvalue weighted by molar-refractivity contribution is -0.308. The zero-order valence-electron chi connectivity index (χ0n) is 16.3. The zero-order chi connectivity index (χ0) is 21.3. The van der Waals surface area contributed by atoms with Crippen LogP contribution in [0.3, 0.4) is 0 Å². The van der Waals surface area contributed by atoms with Gasteiger partial charge in [-0.05, 0) is 49.4 Å². The van der Waals surface area contributed by atoms with E-state index in [2.05, 4.69) is 5.32 Å². The maximum atomic E-state index is 12.5. The van der Waals surface area contributed by atoms with Gasteiger partial charge in [-0.2, -0.15) is 0 Å². The summed E-state index contributed by atoms with van der Waals surface area (Å²) >= 11 is 0. The Hall–Kier alpha value is -3.61. The number of carboxylic acid groups (broad SMARTS) is 1. The zero-order valence-corrected chi connectivity index (χ0v) is 16.3. The Bertz CT molecular complexity index is 1170. The Morgan fingerprint density at radius 3 is 2.57 bits per heavy atom. The quantitative estimate of drug-likeness (QED) is 0.624. The van der Waals surface area contributed by atoms with Crippen LogP contribution in [-0.2, 0) is 22.4 Å². The van der Waals surface area contributed by atoms with Gasteiger partial charge in [-0.1, -0.05) is 30.3 Å². The molecule has 1 aromatic heterocycles. The molecule has 7 heteroatoms. The Morgan fingerprint density at radius 1 is 1.10 bits per heavy atom. The lowest BCUT2D eigenvalue weighted by atomic mass is 10.1. The Balaban J connectivity index is 1.51. The van der Waals surface area contributed by atoms with Crippen LogP contribution in [-0.4, -0.2) is 18.0 Å². The molecular formula is C23H20NO6-. The van der Waals surface area contributed by atoms with Crippen LogP contribution in [0.25, 0.3) is 11.0 Å². The summed E-state index contributed by atoms with van der Waals surface area (Å²) in [6.45, 7) is 1.51. The molecule has 3 aromatic rings. The molecule has 2 aromatic carbocycles. The minimum Gasteiger partial charge on any atom is -0.548 e. The molecule has 1 amide bonds. The monoisotopic (exact) mass is 406 g/mol. The van der Waals surface area contributed by atoms with E-state index in [1.165, 1.54) is 6.92 Å². The van der Waals surface area contributed by atoms with E-state index in [-0.39, 0.29) is 5.63 Å². The first-order chi connectivity index (χ1) is 14.4. The highest BCUT2D eigenvalue weighted by Gasteiger charge is 2.23. The van der Waals surface area contributed by atoms with Crippen LogP contribution in [0, 0.1) is 0 Å². The Kier molecular flexibility index (Phi) is 5.27. The number of nitrogens with one attached hydrogen (secondary N) is 1. The van der Waals surface area contributed by atoms with Crippen LogP contribution in [0.1, 0.15) is 36.1 Å². The minimum absolute atomic E-state index is 0.336. The molecule has 0 spiro atoms. The number of ether oxygens (including phenoxy) is 1. The van der Waals surface area contributed by atoms with Crippen LogP contribution >= 0.6 is 0 Å². The maximum absolute atomic E-state index is 12.5. The van der Waals surface area contributed by atoms with Gasteiger partial charge in [0.05, 0.1) is 12.0 Å². The fraction of sp³-hybridized carbons (Fsp3) is 0.261. The number of fused-ring (bicyclic) bond motifs is 3. The van der Waals surface area contributed by atoms with Crippen molar-refractivity contribution in [3.63, 3.8) is 0 Å². The number of carbonyl (C=O) groups excluding carboxylic acids is 2. The molecule has 0 bridgehead atoms. The summed E-state index contributed by atoms with van der Waals surface area (Å²) in [5.74, 6) is -1.68. The number of benzene rings is 2. The van der Waals surface area contributed by atoms with Gasteiger partial charge < -0.3 is 24.4 Å². The van der Waals surface area contributed by atoms with Crippen molar-refractivity contribution in [1.82, 2.24) is 5.32 Å². The molecule has 4 rings (SSSR count). The third-order valence-electron chi connectivity index (χ3n) is 5.28. The molecular weight excluding hydrogens is 386 g/mol. The van der Waals surface area contributed by atoms with E-state index >= 15 is 0 Å². The van der Waals surface area contributed by atoms with E-state index in [1.54, 1.807) is 42.5 Å². The highest BCUT2D eigenvalue weighted by molar-refractivity contribution is 5.87. The first-order valence-electron chi connectivity index (χ1n) is 9.75. The Labute approximate surface area is 172 Å². The van der Waals surface area contributed by atoms with Crippen LogP contribution in [0.2, 0.25) is 0 Å². The predicted molar refractivity (Wildman–Crippen MR) is 107 cm³/mol. The molecule has 0 saturated carbocycles. The number of carboxylic acids is 1. The van der Waals surface area contributed by atoms with Gasteiger partial charge in [0.2, 0.25) is 0 Å². The van der Waals surface area contributed by atoms with Crippen molar-refractivity contribution in [1.29, 1.82) is 0 Å². The van der Waals surface area contributed by atoms with Crippen molar-refractivity contribution in [2.45, 2.75) is 38.3 Å². The van der Waals surface area contributed by atoms with Gasteiger partial charge in [0.1, 0.15) is 11.3 Å². The minimum atomic E-state index is -1.41. The first kappa shape index (κ1) is 19.7. The summed E-state index contributed by atoms with van der Waals surface area (Å²) in [5.41, 5.74) is 2.22. The Morgan fingerprint density at radius 2 is 1.83 bits per heavy atom. The molecule has 1 aliphatic rings. The van der Waals surface area contributed by atoms with Crippen LogP contribution in [0.5, 0.6) is 5.75 Å². The number of rotatable bonds is 6. The van der Waals surface area contributed by atoms with Crippen molar-refractivity contribution in [2.75, 3.05) is 0 Å². The second-order valence-electron chi connectivity index (χ2n) is 7.29. The van der Waals surface area contributed by atoms with E-state index < -0.39 is 24.0 Å². The second kappa shape index (κ2) is 8.02. The molecule has 0 aliphatic heterocycles. The summed E-state index contributed by atoms with van der Waals surface area (Å²) in [7, 11) is 0. The normalized spacial score (nSPS) is 14.7. The summed E-state index contributed by atoms with van der Waals surface area (Å²) in [4.78, 5) is 36.1.